The SMILES string of the molecule is Cc1ncc(CNCCCNC(=O)c2cc(-c3ccccc3)on2)o1.O=C(O)C(F)(F)F. The van der Waals surface area contributed by atoms with E-state index in [1.54, 1.807) is 12.3 Å². The third-order valence-electron chi connectivity index (χ3n) is 3.83. The summed E-state index contributed by atoms with van der Waals surface area (Å²) in [6.45, 7) is 3.74. The molecule has 1 aromatic carbocycles. The molecular formula is C20H21F3N4O5. The molecule has 32 heavy (non-hydrogen) atoms. The minimum atomic E-state index is -5.08. The standard InChI is InChI=1S/C18H20N4O3.C2HF3O2/c1-13-21-12-15(24-13)11-19-8-5-9-20-18(23)16-10-17(25-22-16)14-6-3-2-4-7-14;3-2(4,5)1(6)7/h2-4,6-7,10,12,19H,5,8-9,11H2,1H3,(H,20,23);(H,6,7). The van der Waals surface area contributed by atoms with Gasteiger partial charge in [0, 0.05) is 25.1 Å². The lowest BCUT2D eigenvalue weighted by Gasteiger charge is -2.04. The van der Waals surface area contributed by atoms with Crippen LogP contribution < -0.4 is 10.6 Å². The highest BCUT2D eigenvalue weighted by Gasteiger charge is 2.38. The number of hydrogen-bond donors (Lipinski definition) is 3. The summed E-state index contributed by atoms with van der Waals surface area (Å²) in [5.41, 5.74) is 1.17. The fourth-order valence-electron chi connectivity index (χ4n) is 2.33. The highest BCUT2D eigenvalue weighted by molar-refractivity contribution is 5.93. The van der Waals surface area contributed by atoms with Gasteiger partial charge in [-0.3, -0.25) is 4.79 Å². The lowest BCUT2D eigenvalue weighted by atomic mass is 10.1. The quantitative estimate of drug-likeness (QED) is 0.443. The van der Waals surface area contributed by atoms with Gasteiger partial charge in [0.15, 0.2) is 17.3 Å². The van der Waals surface area contributed by atoms with E-state index in [-0.39, 0.29) is 11.6 Å². The lowest BCUT2D eigenvalue weighted by molar-refractivity contribution is -0.192. The number of carbonyl (C=O) groups is 2. The molecule has 0 radical (unpaired) electrons. The molecule has 9 nitrogen and oxygen atoms in total. The van der Waals surface area contributed by atoms with Gasteiger partial charge in [0.2, 0.25) is 0 Å². The van der Waals surface area contributed by atoms with Gasteiger partial charge in [0.1, 0.15) is 5.76 Å². The maximum Gasteiger partial charge on any atom is 0.490 e. The van der Waals surface area contributed by atoms with Gasteiger partial charge in [-0.15, -0.1) is 0 Å². The van der Waals surface area contributed by atoms with Crippen LogP contribution in [0.4, 0.5) is 13.2 Å². The van der Waals surface area contributed by atoms with E-state index in [0.29, 0.717) is 24.7 Å². The Hall–Kier alpha value is -3.67. The number of amides is 1. The van der Waals surface area contributed by atoms with Crippen LogP contribution in [0.15, 0.2) is 51.5 Å². The highest BCUT2D eigenvalue weighted by atomic mass is 19.4. The molecule has 0 aliphatic carbocycles. The molecule has 0 fully saturated rings. The molecule has 0 atom stereocenters. The summed E-state index contributed by atoms with van der Waals surface area (Å²) < 4.78 is 42.3. The smallest absolute Gasteiger partial charge is 0.475 e. The van der Waals surface area contributed by atoms with Gasteiger partial charge < -0.3 is 24.7 Å². The Morgan fingerprint density at radius 2 is 1.84 bits per heavy atom. The third-order valence-corrected chi connectivity index (χ3v) is 3.83. The van der Waals surface area contributed by atoms with Crippen molar-refractivity contribution in [1.29, 1.82) is 0 Å². The van der Waals surface area contributed by atoms with Crippen molar-refractivity contribution in [3.05, 3.63) is 59.9 Å². The van der Waals surface area contributed by atoms with E-state index in [1.807, 2.05) is 37.3 Å². The first kappa shape index (κ1) is 24.6. The maximum absolute atomic E-state index is 12.1. The zero-order valence-electron chi connectivity index (χ0n) is 17.0. The molecule has 2 aromatic heterocycles. The summed E-state index contributed by atoms with van der Waals surface area (Å²) in [7, 11) is 0. The Balaban J connectivity index is 0.000000451. The van der Waals surface area contributed by atoms with E-state index in [9.17, 15) is 18.0 Å². The topological polar surface area (TPSA) is 130 Å². The van der Waals surface area contributed by atoms with Gasteiger partial charge in [-0.05, 0) is 13.0 Å². The first-order chi connectivity index (χ1) is 15.2. The summed E-state index contributed by atoms with van der Waals surface area (Å²) in [5, 5.41) is 17.0. The summed E-state index contributed by atoms with van der Waals surface area (Å²) in [5.74, 6) is -0.955. The Kier molecular flexibility index (Phi) is 8.95. The maximum atomic E-state index is 12.1. The number of nitrogens with zero attached hydrogens (tertiary/aromatic N) is 2. The van der Waals surface area contributed by atoms with Crippen molar-refractivity contribution in [2.45, 2.75) is 26.1 Å². The average molecular weight is 454 g/mol. The van der Waals surface area contributed by atoms with Crippen LogP contribution in [0.3, 0.4) is 0 Å². The lowest BCUT2D eigenvalue weighted by Crippen LogP contribution is -2.27. The number of nitrogens with one attached hydrogen (secondary N) is 2. The van der Waals surface area contributed by atoms with Gasteiger partial charge in [-0.25, -0.2) is 9.78 Å². The van der Waals surface area contributed by atoms with E-state index in [4.69, 9.17) is 18.8 Å². The highest BCUT2D eigenvalue weighted by Crippen LogP contribution is 2.19. The number of aromatic nitrogens is 2. The predicted molar refractivity (Wildman–Crippen MR) is 106 cm³/mol. The molecule has 3 aromatic rings. The van der Waals surface area contributed by atoms with Crippen molar-refractivity contribution in [3.63, 3.8) is 0 Å². The van der Waals surface area contributed by atoms with Crippen LogP contribution >= 0.6 is 0 Å². The zero-order valence-corrected chi connectivity index (χ0v) is 17.0. The predicted octanol–water partition coefficient (Wildman–Crippen LogP) is 3.18. The molecule has 172 valence electrons. The zero-order chi connectivity index (χ0) is 23.6. The van der Waals surface area contributed by atoms with E-state index < -0.39 is 12.1 Å². The van der Waals surface area contributed by atoms with Gasteiger partial charge in [-0.1, -0.05) is 35.5 Å². The van der Waals surface area contributed by atoms with Crippen LogP contribution in [0.5, 0.6) is 0 Å². The van der Waals surface area contributed by atoms with Crippen LogP contribution in [0, 0.1) is 6.92 Å². The minimum absolute atomic E-state index is 0.239. The van der Waals surface area contributed by atoms with E-state index in [1.165, 1.54) is 0 Å². The first-order valence-corrected chi connectivity index (χ1v) is 9.39. The first-order valence-electron chi connectivity index (χ1n) is 9.39. The molecule has 0 aliphatic rings. The van der Waals surface area contributed by atoms with E-state index in [2.05, 4.69) is 20.8 Å². The summed E-state index contributed by atoms with van der Waals surface area (Å²) >= 11 is 0. The average Bonchev–Trinajstić information content (AvgIpc) is 3.40. The largest absolute Gasteiger partial charge is 0.490 e. The third kappa shape index (κ3) is 8.22. The fourth-order valence-corrected chi connectivity index (χ4v) is 2.33. The van der Waals surface area contributed by atoms with Crippen molar-refractivity contribution in [1.82, 2.24) is 20.8 Å². The normalized spacial score (nSPS) is 10.9. The molecule has 3 rings (SSSR count). The van der Waals surface area contributed by atoms with Crippen molar-refractivity contribution in [2.75, 3.05) is 13.1 Å². The number of oxazole rings is 1. The van der Waals surface area contributed by atoms with E-state index in [0.717, 1.165) is 24.3 Å². The summed E-state index contributed by atoms with van der Waals surface area (Å²) in [6, 6.07) is 11.2. The molecule has 0 spiro atoms. The second kappa shape index (κ2) is 11.6. The number of aryl methyl sites for hydroxylation is 1. The molecule has 3 N–H and O–H groups in total. The van der Waals surface area contributed by atoms with Crippen LogP contribution in [0.25, 0.3) is 11.3 Å². The molecule has 0 bridgehead atoms. The van der Waals surface area contributed by atoms with Crippen LogP contribution in [-0.2, 0) is 11.3 Å². The number of halogens is 3. The molecule has 2 heterocycles. The molecule has 0 saturated heterocycles. The summed E-state index contributed by atoms with van der Waals surface area (Å²) in [4.78, 5) is 25.0. The number of hydrogen-bond acceptors (Lipinski definition) is 7. The molecule has 0 aliphatic heterocycles. The second-order valence-corrected chi connectivity index (χ2v) is 6.38. The van der Waals surface area contributed by atoms with Crippen LogP contribution in [-0.4, -0.2) is 46.4 Å². The molecule has 0 saturated carbocycles. The van der Waals surface area contributed by atoms with E-state index >= 15 is 0 Å². The number of alkyl halides is 3. The van der Waals surface area contributed by atoms with Crippen LogP contribution in [0.2, 0.25) is 0 Å². The number of benzene rings is 1. The van der Waals surface area contributed by atoms with Crippen LogP contribution in [0.1, 0.15) is 28.6 Å². The van der Waals surface area contributed by atoms with Gasteiger partial charge in [0.25, 0.3) is 5.91 Å². The Morgan fingerprint density at radius 3 is 2.44 bits per heavy atom. The second-order valence-electron chi connectivity index (χ2n) is 6.38. The molecule has 0 unspecified atom stereocenters. The molecule has 1 amide bonds. The molecular weight excluding hydrogens is 433 g/mol. The number of aliphatic carboxylic acids is 1. The van der Waals surface area contributed by atoms with Crippen molar-refractivity contribution >= 4 is 11.9 Å². The Bertz CT molecular complexity index is 1000. The van der Waals surface area contributed by atoms with Gasteiger partial charge >= 0.3 is 12.1 Å². The monoisotopic (exact) mass is 454 g/mol. The number of carboxylic acid groups (broad SMARTS) is 1. The fraction of sp³-hybridized carbons (Fsp3) is 0.300. The number of carbonyl (C=O) groups excluding carboxylic acids is 1. The number of carboxylic acids is 1. The Labute approximate surface area is 180 Å². The van der Waals surface area contributed by atoms with Gasteiger partial charge in [-0.2, -0.15) is 13.2 Å². The van der Waals surface area contributed by atoms with Gasteiger partial charge in [0.05, 0.1) is 12.7 Å². The van der Waals surface area contributed by atoms with Crippen molar-refractivity contribution < 1.29 is 36.8 Å². The molecule has 12 heteroatoms. The van der Waals surface area contributed by atoms with Crippen molar-refractivity contribution in [2.24, 2.45) is 0 Å². The number of rotatable bonds is 8. The van der Waals surface area contributed by atoms with Crippen molar-refractivity contribution in [3.8, 4) is 11.3 Å². The summed E-state index contributed by atoms with van der Waals surface area (Å²) in [6.07, 6.45) is -2.58. The minimum Gasteiger partial charge on any atom is -0.475 e. The Morgan fingerprint density at radius 1 is 1.16 bits per heavy atom.